The van der Waals surface area contributed by atoms with Gasteiger partial charge in [-0.1, -0.05) is 62.2 Å². The van der Waals surface area contributed by atoms with Crippen molar-refractivity contribution in [2.45, 2.75) is 39.7 Å². The van der Waals surface area contributed by atoms with E-state index >= 15 is 0 Å². The molecule has 0 saturated heterocycles. The molecule has 0 aliphatic rings. The molecule has 3 rings (SSSR count). The van der Waals surface area contributed by atoms with Gasteiger partial charge in [0.05, 0.1) is 21.1 Å². The van der Waals surface area contributed by atoms with Crippen LogP contribution >= 0.6 is 23.2 Å². The topological polar surface area (TPSA) is 46.9 Å². The zero-order valence-electron chi connectivity index (χ0n) is 16.7. The Morgan fingerprint density at radius 1 is 1.21 bits per heavy atom. The summed E-state index contributed by atoms with van der Waals surface area (Å²) in [5.41, 5.74) is 1.84. The van der Waals surface area contributed by atoms with Crippen molar-refractivity contribution in [3.8, 4) is 0 Å². The maximum absolute atomic E-state index is 14.3. The number of halogens is 3. The number of imidazole rings is 1. The lowest BCUT2D eigenvalue weighted by molar-refractivity contribution is -0.124. The van der Waals surface area contributed by atoms with E-state index in [1.54, 1.807) is 30.3 Å². The van der Waals surface area contributed by atoms with E-state index in [-0.39, 0.29) is 18.1 Å². The smallest absolute Gasteiger partial charge is 0.243 e. The number of benzene rings is 2. The second-order valence-electron chi connectivity index (χ2n) is 7.48. The monoisotopic (exact) mass is 435 g/mol. The Morgan fingerprint density at radius 2 is 1.90 bits per heavy atom. The molecular formula is C22H24Cl2FN3O. The van der Waals surface area contributed by atoms with Crippen LogP contribution in [0.2, 0.25) is 10.0 Å². The van der Waals surface area contributed by atoms with Crippen molar-refractivity contribution >= 4 is 40.1 Å². The van der Waals surface area contributed by atoms with Crippen molar-refractivity contribution in [3.63, 3.8) is 0 Å². The van der Waals surface area contributed by atoms with Crippen LogP contribution in [0.25, 0.3) is 11.0 Å². The number of carbonyl (C=O) groups is 1. The maximum Gasteiger partial charge on any atom is 0.243 e. The molecular weight excluding hydrogens is 412 g/mol. The zero-order valence-corrected chi connectivity index (χ0v) is 18.2. The molecule has 0 radical (unpaired) electrons. The number of amides is 1. The lowest BCUT2D eigenvalue weighted by Gasteiger charge is -2.21. The van der Waals surface area contributed by atoms with Crippen LogP contribution in [0, 0.1) is 11.7 Å². The van der Waals surface area contributed by atoms with Crippen molar-refractivity contribution in [2.24, 2.45) is 5.92 Å². The molecule has 29 heavy (non-hydrogen) atoms. The van der Waals surface area contributed by atoms with E-state index in [4.69, 9.17) is 23.2 Å². The summed E-state index contributed by atoms with van der Waals surface area (Å²) in [4.78, 5) is 17.6. The van der Waals surface area contributed by atoms with Crippen molar-refractivity contribution < 1.29 is 9.18 Å². The summed E-state index contributed by atoms with van der Waals surface area (Å²) in [6, 6.07) is 9.48. The number of hydrogen-bond acceptors (Lipinski definition) is 2. The molecule has 0 saturated carbocycles. The second kappa shape index (κ2) is 9.14. The first-order valence-corrected chi connectivity index (χ1v) is 10.4. The number of nitrogens with one attached hydrogen (secondary N) is 1. The van der Waals surface area contributed by atoms with Gasteiger partial charge in [0, 0.05) is 13.0 Å². The first-order chi connectivity index (χ1) is 13.8. The summed E-state index contributed by atoms with van der Waals surface area (Å²) >= 11 is 12.4. The minimum absolute atomic E-state index is 0.0960. The van der Waals surface area contributed by atoms with E-state index in [0.717, 1.165) is 0 Å². The first kappa shape index (κ1) is 21.6. The number of rotatable bonds is 7. The van der Waals surface area contributed by atoms with Crippen LogP contribution in [0.3, 0.4) is 0 Å². The van der Waals surface area contributed by atoms with Gasteiger partial charge in [0.25, 0.3) is 0 Å². The van der Waals surface area contributed by atoms with Gasteiger partial charge in [0.2, 0.25) is 5.91 Å². The average molecular weight is 436 g/mol. The molecule has 0 unspecified atom stereocenters. The van der Waals surface area contributed by atoms with Gasteiger partial charge >= 0.3 is 0 Å². The van der Waals surface area contributed by atoms with Crippen molar-refractivity contribution in [3.05, 3.63) is 63.6 Å². The second-order valence-corrected chi connectivity index (χ2v) is 8.30. The minimum atomic E-state index is -0.488. The van der Waals surface area contributed by atoms with Gasteiger partial charge in [0.1, 0.15) is 17.7 Å². The highest BCUT2D eigenvalue weighted by molar-refractivity contribution is 6.42. The number of carbonyl (C=O) groups excluding carboxylic acids is 1. The van der Waals surface area contributed by atoms with Gasteiger partial charge in [0.15, 0.2) is 0 Å². The quantitative estimate of drug-likeness (QED) is 0.509. The van der Waals surface area contributed by atoms with Crippen molar-refractivity contribution in [1.82, 2.24) is 14.9 Å². The predicted molar refractivity (Wildman–Crippen MR) is 116 cm³/mol. The molecule has 3 aromatic rings. The molecule has 154 valence electrons. The van der Waals surface area contributed by atoms with Crippen molar-refractivity contribution in [1.29, 1.82) is 0 Å². The van der Waals surface area contributed by atoms with Crippen LogP contribution in [0.5, 0.6) is 0 Å². The van der Waals surface area contributed by atoms with Gasteiger partial charge in [-0.3, -0.25) is 4.79 Å². The summed E-state index contributed by atoms with van der Waals surface area (Å²) in [7, 11) is 0. The molecule has 0 aliphatic heterocycles. The number of nitrogens with zero attached hydrogens (tertiary/aromatic N) is 2. The SMILES string of the molecule is CC[C@H](C(=O)NCC(C)C)n1c(Cc2ccccc2F)nc2cc(Cl)c(Cl)cc21. The van der Waals surface area contributed by atoms with E-state index in [1.807, 2.05) is 25.3 Å². The summed E-state index contributed by atoms with van der Waals surface area (Å²) in [5.74, 6) is 0.526. The Kier molecular flexibility index (Phi) is 6.81. The summed E-state index contributed by atoms with van der Waals surface area (Å²) < 4.78 is 16.1. The lowest BCUT2D eigenvalue weighted by atomic mass is 10.1. The van der Waals surface area contributed by atoms with Crippen molar-refractivity contribution in [2.75, 3.05) is 6.54 Å². The number of fused-ring (bicyclic) bond motifs is 1. The van der Waals surface area contributed by atoms with Gasteiger partial charge < -0.3 is 9.88 Å². The largest absolute Gasteiger partial charge is 0.354 e. The molecule has 0 aliphatic carbocycles. The molecule has 1 aromatic heterocycles. The lowest BCUT2D eigenvalue weighted by Crippen LogP contribution is -2.35. The molecule has 0 spiro atoms. The Morgan fingerprint density at radius 3 is 2.55 bits per heavy atom. The summed E-state index contributed by atoms with van der Waals surface area (Å²) in [6.07, 6.45) is 0.810. The molecule has 2 aromatic carbocycles. The van der Waals surface area contributed by atoms with Gasteiger partial charge in [-0.05, 0) is 36.1 Å². The highest BCUT2D eigenvalue weighted by atomic mass is 35.5. The zero-order chi connectivity index (χ0) is 21.1. The van der Waals surface area contributed by atoms with Gasteiger partial charge in [-0.15, -0.1) is 0 Å². The summed E-state index contributed by atoms with van der Waals surface area (Å²) in [5, 5.41) is 3.77. The van der Waals surface area contributed by atoms with E-state index in [1.165, 1.54) is 6.07 Å². The fourth-order valence-corrected chi connectivity index (χ4v) is 3.65. The van der Waals surface area contributed by atoms with E-state index in [9.17, 15) is 9.18 Å². The molecule has 1 amide bonds. The third kappa shape index (κ3) is 4.73. The van der Waals surface area contributed by atoms with Gasteiger partial charge in [-0.2, -0.15) is 0 Å². The fraction of sp³-hybridized carbons (Fsp3) is 0.364. The fourth-order valence-electron chi connectivity index (χ4n) is 3.33. The molecule has 1 atom stereocenters. The Bertz CT molecular complexity index is 1030. The average Bonchev–Trinajstić information content (AvgIpc) is 3.00. The van der Waals surface area contributed by atoms with E-state index < -0.39 is 6.04 Å². The molecule has 1 heterocycles. The molecule has 1 N–H and O–H groups in total. The van der Waals surface area contributed by atoms with Crippen LogP contribution < -0.4 is 5.32 Å². The van der Waals surface area contributed by atoms with Crippen LogP contribution in [0.1, 0.15) is 44.6 Å². The highest BCUT2D eigenvalue weighted by Crippen LogP contribution is 2.32. The van der Waals surface area contributed by atoms with Crippen LogP contribution in [-0.2, 0) is 11.2 Å². The molecule has 7 heteroatoms. The Labute approximate surface area is 180 Å². The van der Waals surface area contributed by atoms with Crippen LogP contribution in [-0.4, -0.2) is 22.0 Å². The van der Waals surface area contributed by atoms with Crippen LogP contribution in [0.15, 0.2) is 36.4 Å². The predicted octanol–water partition coefficient (Wildman–Crippen LogP) is 5.80. The highest BCUT2D eigenvalue weighted by Gasteiger charge is 2.25. The summed E-state index contributed by atoms with van der Waals surface area (Å²) in [6.45, 7) is 6.60. The maximum atomic E-state index is 14.3. The third-order valence-corrected chi connectivity index (χ3v) is 5.52. The van der Waals surface area contributed by atoms with Crippen LogP contribution in [0.4, 0.5) is 4.39 Å². The molecule has 0 fully saturated rings. The molecule has 0 bridgehead atoms. The first-order valence-electron chi connectivity index (χ1n) is 9.68. The third-order valence-electron chi connectivity index (χ3n) is 4.80. The van der Waals surface area contributed by atoms with E-state index in [2.05, 4.69) is 10.3 Å². The van der Waals surface area contributed by atoms with Gasteiger partial charge in [-0.25, -0.2) is 9.37 Å². The number of aromatic nitrogens is 2. The Balaban J connectivity index is 2.12. The van der Waals surface area contributed by atoms with E-state index in [0.29, 0.717) is 51.4 Å². The number of hydrogen-bond donors (Lipinski definition) is 1. The molecule has 4 nitrogen and oxygen atoms in total. The standard InChI is InChI=1S/C22H24Cl2FN3O/c1-4-19(22(29)26-12-13(2)3)28-20-11-16(24)15(23)10-18(20)27-21(28)9-14-7-5-6-8-17(14)25/h5-8,10-11,13,19H,4,9,12H2,1-3H3,(H,26,29)/t19-/m1/s1. The normalized spacial score (nSPS) is 12.5. The Hall–Kier alpha value is -2.11. The minimum Gasteiger partial charge on any atom is -0.354 e.